The zero-order valence-electron chi connectivity index (χ0n) is 5.68. The van der Waals surface area contributed by atoms with Gasteiger partial charge in [0.1, 0.15) is 0 Å². The molecule has 0 aromatic rings. The molecule has 3 heteroatoms. The Balaban J connectivity index is 2.82. The highest BCUT2D eigenvalue weighted by atomic mass is 35.5. The molecule has 0 amide bonds. The molecule has 0 radical (unpaired) electrons. The summed E-state index contributed by atoms with van der Waals surface area (Å²) in [6, 6.07) is 0. The van der Waals surface area contributed by atoms with Crippen molar-refractivity contribution in [2.24, 2.45) is 0 Å². The Morgan fingerprint density at radius 1 is 1.55 bits per heavy atom. The highest BCUT2D eigenvalue weighted by Gasteiger charge is 2.04. The van der Waals surface area contributed by atoms with Gasteiger partial charge in [-0.05, 0) is 24.1 Å². The van der Waals surface area contributed by atoms with Gasteiger partial charge >= 0.3 is 0 Å². The monoisotopic (exact) mass is 188 g/mol. The number of allylic oxidation sites excluding steroid dienone is 6. The Morgan fingerprint density at radius 3 is 2.91 bits per heavy atom. The molecule has 0 fully saturated rings. The highest BCUT2D eigenvalue weighted by molar-refractivity contribution is 6.67. The number of hydrogen-bond acceptors (Lipinski definition) is 1. The molecule has 1 aliphatic carbocycles. The van der Waals surface area contributed by atoms with Crippen LogP contribution in [0.5, 0.6) is 0 Å². The topological polar surface area (TPSA) is 17.1 Å². The second kappa shape index (κ2) is 3.74. The lowest BCUT2D eigenvalue weighted by atomic mass is 10.2. The van der Waals surface area contributed by atoms with E-state index in [1.54, 1.807) is 24.3 Å². The summed E-state index contributed by atoms with van der Waals surface area (Å²) in [6.07, 6.45) is 7.35. The van der Waals surface area contributed by atoms with Crippen molar-refractivity contribution in [3.05, 3.63) is 34.9 Å². The largest absolute Gasteiger partial charge is 0.276 e. The third-order valence-electron chi connectivity index (χ3n) is 1.32. The van der Waals surface area contributed by atoms with Crippen molar-refractivity contribution in [3.63, 3.8) is 0 Å². The molecule has 0 spiro atoms. The first-order chi connectivity index (χ1) is 5.20. The van der Waals surface area contributed by atoms with E-state index in [1.165, 1.54) is 0 Å². The molecular weight excluding hydrogens is 183 g/mol. The minimum Gasteiger partial charge on any atom is -0.276 e. The Bertz CT molecular complexity index is 259. The number of carbonyl (C=O) groups is 1. The van der Waals surface area contributed by atoms with Crippen molar-refractivity contribution in [1.82, 2.24) is 0 Å². The predicted molar refractivity (Wildman–Crippen MR) is 46.6 cm³/mol. The predicted octanol–water partition coefficient (Wildman–Crippen LogP) is 2.76. The van der Waals surface area contributed by atoms with Crippen LogP contribution in [0.15, 0.2) is 34.9 Å². The standard InChI is InChI=1S/C8H6Cl2O/c9-7-3-1-2-6(4-5-7)8(10)11/h1-3,5H,4H2. The zero-order chi connectivity index (χ0) is 8.27. The Labute approximate surface area is 75.0 Å². The van der Waals surface area contributed by atoms with Crippen molar-refractivity contribution in [1.29, 1.82) is 0 Å². The van der Waals surface area contributed by atoms with Crippen LogP contribution in [-0.4, -0.2) is 5.24 Å². The van der Waals surface area contributed by atoms with E-state index in [-0.39, 0.29) is 0 Å². The second-order valence-electron chi connectivity index (χ2n) is 2.12. The minimum absolute atomic E-state index is 0.419. The molecule has 0 aromatic heterocycles. The van der Waals surface area contributed by atoms with Crippen LogP contribution in [0.1, 0.15) is 6.42 Å². The Morgan fingerprint density at radius 2 is 2.27 bits per heavy atom. The van der Waals surface area contributed by atoms with Crippen molar-refractivity contribution < 1.29 is 4.79 Å². The summed E-state index contributed by atoms with van der Waals surface area (Å²) in [7, 11) is 0. The Kier molecular flexibility index (Phi) is 2.92. The minimum atomic E-state index is -0.419. The third kappa shape index (κ3) is 2.52. The lowest BCUT2D eigenvalue weighted by molar-refractivity contribution is -0.108. The molecule has 0 unspecified atom stereocenters. The number of carbonyl (C=O) groups excluding carboxylic acids is 1. The molecule has 0 N–H and O–H groups in total. The van der Waals surface area contributed by atoms with Crippen molar-refractivity contribution in [3.8, 4) is 0 Å². The number of halogens is 2. The first-order valence-corrected chi connectivity index (χ1v) is 3.88. The summed E-state index contributed by atoms with van der Waals surface area (Å²) in [5.41, 5.74) is 0.568. The van der Waals surface area contributed by atoms with Gasteiger partial charge < -0.3 is 0 Å². The number of hydrogen-bond donors (Lipinski definition) is 0. The molecular formula is C8H6Cl2O. The molecule has 0 saturated heterocycles. The fraction of sp³-hybridized carbons (Fsp3) is 0.125. The third-order valence-corrected chi connectivity index (χ3v) is 1.85. The van der Waals surface area contributed by atoms with E-state index in [1.807, 2.05) is 0 Å². The summed E-state index contributed by atoms with van der Waals surface area (Å²) < 4.78 is 0. The first-order valence-electron chi connectivity index (χ1n) is 3.13. The van der Waals surface area contributed by atoms with Gasteiger partial charge in [-0.2, -0.15) is 0 Å². The summed E-state index contributed by atoms with van der Waals surface area (Å²) in [4.78, 5) is 10.6. The van der Waals surface area contributed by atoms with Crippen LogP contribution in [0.25, 0.3) is 0 Å². The maximum absolute atomic E-state index is 10.6. The average molecular weight is 189 g/mol. The fourth-order valence-electron chi connectivity index (χ4n) is 0.745. The van der Waals surface area contributed by atoms with E-state index >= 15 is 0 Å². The van der Waals surface area contributed by atoms with Gasteiger partial charge in [0, 0.05) is 10.6 Å². The van der Waals surface area contributed by atoms with Gasteiger partial charge in [-0.15, -0.1) is 0 Å². The van der Waals surface area contributed by atoms with Crippen LogP contribution in [0.4, 0.5) is 0 Å². The molecule has 58 valence electrons. The average Bonchev–Trinajstić information content (AvgIpc) is 2.13. The van der Waals surface area contributed by atoms with Crippen LogP contribution in [0, 0.1) is 0 Å². The maximum atomic E-state index is 10.6. The smallest absolute Gasteiger partial charge is 0.248 e. The van der Waals surface area contributed by atoms with E-state index in [2.05, 4.69) is 0 Å². The van der Waals surface area contributed by atoms with E-state index in [0.717, 1.165) is 0 Å². The van der Waals surface area contributed by atoms with Gasteiger partial charge in [0.25, 0.3) is 0 Å². The van der Waals surface area contributed by atoms with Gasteiger partial charge in [-0.25, -0.2) is 0 Å². The van der Waals surface area contributed by atoms with Crippen molar-refractivity contribution in [2.45, 2.75) is 6.42 Å². The molecule has 0 bridgehead atoms. The highest BCUT2D eigenvalue weighted by Crippen LogP contribution is 2.15. The Hall–Kier alpha value is -0.530. The van der Waals surface area contributed by atoms with Crippen LogP contribution >= 0.6 is 23.2 Å². The van der Waals surface area contributed by atoms with Crippen LogP contribution in [-0.2, 0) is 4.79 Å². The summed E-state index contributed by atoms with van der Waals surface area (Å²) >= 11 is 10.9. The van der Waals surface area contributed by atoms with Crippen molar-refractivity contribution >= 4 is 28.4 Å². The summed E-state index contributed by atoms with van der Waals surface area (Å²) in [5, 5.41) is 0.214. The van der Waals surface area contributed by atoms with Gasteiger partial charge in [-0.3, -0.25) is 4.79 Å². The second-order valence-corrected chi connectivity index (χ2v) is 2.90. The van der Waals surface area contributed by atoms with Gasteiger partial charge in [-0.1, -0.05) is 29.8 Å². The molecule has 0 atom stereocenters. The lowest BCUT2D eigenvalue weighted by Gasteiger charge is -1.92. The summed E-state index contributed by atoms with van der Waals surface area (Å²) in [6.45, 7) is 0. The molecule has 0 aliphatic heterocycles. The van der Waals surface area contributed by atoms with Gasteiger partial charge in [0.15, 0.2) is 0 Å². The molecule has 0 heterocycles. The van der Waals surface area contributed by atoms with E-state index in [0.29, 0.717) is 17.0 Å². The quantitative estimate of drug-likeness (QED) is 0.579. The normalized spacial score (nSPS) is 16.9. The molecule has 0 saturated carbocycles. The lowest BCUT2D eigenvalue weighted by Crippen LogP contribution is -1.90. The van der Waals surface area contributed by atoms with E-state index < -0.39 is 5.24 Å². The molecule has 1 nitrogen and oxygen atoms in total. The zero-order valence-corrected chi connectivity index (χ0v) is 7.19. The SMILES string of the molecule is O=C(Cl)C1=CC=CC(Cl)=CC1. The van der Waals surface area contributed by atoms with Crippen molar-refractivity contribution in [2.75, 3.05) is 0 Å². The fourth-order valence-corrected chi connectivity index (χ4v) is 1.04. The van der Waals surface area contributed by atoms with Gasteiger partial charge in [0.05, 0.1) is 0 Å². The molecule has 1 aliphatic rings. The molecule has 1 rings (SSSR count). The van der Waals surface area contributed by atoms with Gasteiger partial charge in [0.2, 0.25) is 5.24 Å². The van der Waals surface area contributed by atoms with E-state index in [9.17, 15) is 4.79 Å². The van der Waals surface area contributed by atoms with Crippen LogP contribution < -0.4 is 0 Å². The molecule has 11 heavy (non-hydrogen) atoms. The van der Waals surface area contributed by atoms with Crippen LogP contribution in [0.3, 0.4) is 0 Å². The maximum Gasteiger partial charge on any atom is 0.248 e. The first kappa shape index (κ1) is 8.57. The van der Waals surface area contributed by atoms with E-state index in [4.69, 9.17) is 23.2 Å². The number of rotatable bonds is 1. The van der Waals surface area contributed by atoms with Crippen LogP contribution in [0.2, 0.25) is 0 Å². The summed E-state index contributed by atoms with van der Waals surface area (Å²) in [5.74, 6) is 0. The molecule has 0 aromatic carbocycles.